The fourth-order valence-electron chi connectivity index (χ4n) is 1.48. The quantitative estimate of drug-likeness (QED) is 0.247. The molecule has 6 atom stereocenters. The van der Waals surface area contributed by atoms with Gasteiger partial charge in [-0.3, -0.25) is 0 Å². The van der Waals surface area contributed by atoms with Gasteiger partial charge in [-0.05, 0) is 0 Å². The molecule has 10 heteroatoms. The molecule has 16 heavy (non-hydrogen) atoms. The molecule has 0 bridgehead atoms. The van der Waals surface area contributed by atoms with E-state index in [0.717, 1.165) is 0 Å². The molecule has 1 aliphatic carbocycles. The first-order valence-electron chi connectivity index (χ1n) is 4.29. The zero-order valence-electron chi connectivity index (χ0n) is 7.86. The number of hydrogen-bond acceptors (Lipinski definition) is 7. The summed E-state index contributed by atoms with van der Waals surface area (Å²) in [6, 6.07) is 0. The Bertz CT molecular complexity index is 274. The molecule has 1 saturated carbocycles. The second-order valence-electron chi connectivity index (χ2n) is 3.51. The van der Waals surface area contributed by atoms with Gasteiger partial charge in [0.25, 0.3) is 0 Å². The fourth-order valence-corrected chi connectivity index (χ4v) is 2.67. The second-order valence-corrected chi connectivity index (χ2v) is 6.01. The van der Waals surface area contributed by atoms with Gasteiger partial charge in [-0.1, -0.05) is 0 Å². The summed E-state index contributed by atoms with van der Waals surface area (Å²) >= 11 is -5.61. The van der Waals surface area contributed by atoms with Crippen LogP contribution in [0.4, 0.5) is 0 Å². The number of aliphatic hydroxyl groups is 5. The van der Waals surface area contributed by atoms with Gasteiger partial charge in [0.1, 0.15) is 0 Å². The third-order valence-electron chi connectivity index (χ3n) is 2.33. The first kappa shape index (κ1) is 14.1. The molecule has 0 aliphatic heterocycles. The Hall–Kier alpha value is 0.0384. The molecule has 1 rings (SSSR count). The monoisotopic (exact) mass is 304 g/mol. The molecule has 1 fully saturated rings. The molecule has 0 unspecified atom stereocenters. The van der Waals surface area contributed by atoms with Crippen molar-refractivity contribution in [3.63, 3.8) is 0 Å². The van der Waals surface area contributed by atoms with Crippen LogP contribution in [0.1, 0.15) is 0 Å². The molecular weight excluding hydrogens is 291 g/mol. The molecule has 0 spiro atoms. The molecule has 0 aromatic carbocycles. The summed E-state index contributed by atoms with van der Waals surface area (Å²) in [7, 11) is 0. The topological polar surface area (TPSA) is 168 Å². The van der Waals surface area contributed by atoms with Gasteiger partial charge in [0, 0.05) is 0 Å². The van der Waals surface area contributed by atoms with E-state index >= 15 is 0 Å². The summed E-state index contributed by atoms with van der Waals surface area (Å²) in [6.07, 6.45) is -11.3. The van der Waals surface area contributed by atoms with Crippen molar-refractivity contribution < 1.29 is 41.2 Å². The van der Waals surface area contributed by atoms with E-state index in [9.17, 15) is 24.2 Å². The fraction of sp³-hybridized carbons (Fsp3) is 1.00. The first-order chi connectivity index (χ1) is 7.15. The van der Waals surface area contributed by atoms with Gasteiger partial charge in [0.05, 0.1) is 0 Å². The predicted molar refractivity (Wildman–Crippen MR) is 45.8 cm³/mol. The van der Waals surface area contributed by atoms with Crippen molar-refractivity contribution in [1.29, 1.82) is 0 Å². The normalized spacial score (nSPS) is 45.7. The molecule has 7 N–H and O–H groups in total. The molecule has 0 saturated heterocycles. The van der Waals surface area contributed by atoms with E-state index in [1.165, 1.54) is 0 Å². The summed E-state index contributed by atoms with van der Waals surface area (Å²) in [4.78, 5) is 0. The van der Waals surface area contributed by atoms with E-state index in [4.69, 9.17) is 13.3 Å². The standard InChI is InChI=1S/C6H13AsO9/c8-1-2(9)4(11)6(5(12)3(1)10)16-7(13,14)15/h1-6,8-12H,(H2,13,14,15)/t1-,2-,3+,4-,5-,6-/m0/s1. The van der Waals surface area contributed by atoms with Crippen LogP contribution < -0.4 is 0 Å². The Kier molecular flexibility index (Phi) is 4.17. The Morgan fingerprint density at radius 1 is 0.750 bits per heavy atom. The average molecular weight is 304 g/mol. The summed E-state index contributed by atoms with van der Waals surface area (Å²) in [5.74, 6) is 0. The van der Waals surface area contributed by atoms with Crippen molar-refractivity contribution in [3.05, 3.63) is 0 Å². The third kappa shape index (κ3) is 2.83. The van der Waals surface area contributed by atoms with Crippen molar-refractivity contribution in [3.8, 4) is 0 Å². The van der Waals surface area contributed by atoms with E-state index in [2.05, 4.69) is 3.73 Å². The molecule has 9 nitrogen and oxygen atoms in total. The second kappa shape index (κ2) is 4.73. The van der Waals surface area contributed by atoms with Crippen LogP contribution in [0, 0.1) is 0 Å². The predicted octanol–water partition coefficient (Wildman–Crippen LogP) is -4.96. The van der Waals surface area contributed by atoms with Crippen LogP contribution in [0.3, 0.4) is 0 Å². The average Bonchev–Trinajstić information content (AvgIpc) is 2.17. The molecule has 1 aliphatic rings. The summed E-state index contributed by atoms with van der Waals surface area (Å²) in [5.41, 5.74) is 0. The molecule has 0 heterocycles. The summed E-state index contributed by atoms with van der Waals surface area (Å²) in [5, 5.41) is 46.2. The molecule has 0 aromatic heterocycles. The van der Waals surface area contributed by atoms with Gasteiger partial charge < -0.3 is 0 Å². The summed E-state index contributed by atoms with van der Waals surface area (Å²) < 4.78 is 31.8. The molecular formula is C6H13AsO9. The number of hydrogen-bond donors (Lipinski definition) is 7. The Balaban J connectivity index is 2.87. The van der Waals surface area contributed by atoms with Crippen LogP contribution in [-0.4, -0.2) is 84.9 Å². The molecule has 0 radical (unpaired) electrons. The van der Waals surface area contributed by atoms with Crippen molar-refractivity contribution in [2.75, 3.05) is 0 Å². The van der Waals surface area contributed by atoms with Gasteiger partial charge in [0.2, 0.25) is 0 Å². The van der Waals surface area contributed by atoms with Gasteiger partial charge in [-0.2, -0.15) is 0 Å². The van der Waals surface area contributed by atoms with Gasteiger partial charge in [0.15, 0.2) is 0 Å². The van der Waals surface area contributed by atoms with Gasteiger partial charge >= 0.3 is 92.3 Å². The van der Waals surface area contributed by atoms with Crippen molar-refractivity contribution in [2.45, 2.75) is 36.6 Å². The van der Waals surface area contributed by atoms with E-state index in [1.54, 1.807) is 0 Å². The van der Waals surface area contributed by atoms with Crippen LogP contribution in [0.2, 0.25) is 0 Å². The van der Waals surface area contributed by atoms with E-state index in [1.807, 2.05) is 0 Å². The maximum absolute atomic E-state index is 10.6. The van der Waals surface area contributed by atoms with Crippen molar-refractivity contribution in [2.24, 2.45) is 0 Å². The van der Waals surface area contributed by atoms with Gasteiger partial charge in [-0.15, -0.1) is 0 Å². The van der Waals surface area contributed by atoms with Crippen LogP contribution >= 0.6 is 0 Å². The van der Waals surface area contributed by atoms with Crippen LogP contribution in [-0.2, 0) is 7.47 Å². The van der Waals surface area contributed by atoms with Gasteiger partial charge in [-0.25, -0.2) is 0 Å². The molecule has 96 valence electrons. The summed E-state index contributed by atoms with van der Waals surface area (Å²) in [6.45, 7) is 0. The van der Waals surface area contributed by atoms with Crippen molar-refractivity contribution in [1.82, 2.24) is 0 Å². The molecule has 0 aromatic rings. The molecule has 0 amide bonds. The minimum absolute atomic E-state index is 1.83. The Morgan fingerprint density at radius 2 is 1.06 bits per heavy atom. The van der Waals surface area contributed by atoms with Crippen LogP contribution in [0.5, 0.6) is 0 Å². The van der Waals surface area contributed by atoms with E-state index in [-0.39, 0.29) is 0 Å². The first-order valence-corrected chi connectivity index (χ1v) is 7.50. The maximum atomic E-state index is 10.6. The van der Waals surface area contributed by atoms with Crippen LogP contribution in [0.25, 0.3) is 0 Å². The van der Waals surface area contributed by atoms with E-state index in [0.29, 0.717) is 0 Å². The zero-order chi connectivity index (χ0) is 12.7. The third-order valence-corrected chi connectivity index (χ3v) is 3.42. The Labute approximate surface area is 92.9 Å². The zero-order valence-corrected chi connectivity index (χ0v) is 9.73. The number of aliphatic hydroxyl groups excluding tert-OH is 5. The van der Waals surface area contributed by atoms with Crippen LogP contribution in [0.15, 0.2) is 0 Å². The minimum atomic E-state index is -5.61. The number of rotatable bonds is 2. The Morgan fingerprint density at radius 3 is 1.38 bits per heavy atom. The SMILES string of the molecule is O=[As](O)(O)O[C@@H]1[C@@H](O)[C@H](O)[C@@H](O)[C@H](O)[C@@H]1O. The van der Waals surface area contributed by atoms with Crippen molar-refractivity contribution >= 4 is 14.5 Å². The van der Waals surface area contributed by atoms with E-state index < -0.39 is 51.1 Å².